The average Bonchev–Trinajstić information content (AvgIpc) is 2.72. The fraction of sp³-hybridized carbons (Fsp3) is 0.208. The maximum absolute atomic E-state index is 10.9. The van der Waals surface area contributed by atoms with E-state index in [1.165, 1.54) is 0 Å². The van der Waals surface area contributed by atoms with Crippen molar-refractivity contribution in [3.05, 3.63) is 83.9 Å². The Bertz CT molecular complexity index is 932. The zero-order valence-corrected chi connectivity index (χ0v) is 16.2. The zero-order valence-electron chi connectivity index (χ0n) is 16.2. The molecule has 1 atom stereocenters. The first-order valence-electron chi connectivity index (χ1n) is 9.41. The second kappa shape index (κ2) is 9.75. The summed E-state index contributed by atoms with van der Waals surface area (Å²) in [7, 11) is 0. The van der Waals surface area contributed by atoms with Gasteiger partial charge in [0.1, 0.15) is 30.8 Å². The van der Waals surface area contributed by atoms with Crippen LogP contribution in [0.1, 0.15) is 11.1 Å². The molecule has 0 aliphatic heterocycles. The Morgan fingerprint density at radius 3 is 2.03 bits per heavy atom. The predicted molar refractivity (Wildman–Crippen MR) is 111 cm³/mol. The van der Waals surface area contributed by atoms with Crippen LogP contribution >= 0.6 is 0 Å². The van der Waals surface area contributed by atoms with E-state index in [2.05, 4.69) is 0 Å². The Labute approximate surface area is 170 Å². The molecular weight excluding hydrogens is 368 g/mol. The smallest absolute Gasteiger partial charge is 0.307 e. The largest absolute Gasteiger partial charge is 0.491 e. The molecule has 0 heterocycles. The van der Waals surface area contributed by atoms with Gasteiger partial charge >= 0.3 is 5.97 Å². The van der Waals surface area contributed by atoms with Crippen LogP contribution in [-0.4, -0.2) is 35.5 Å². The van der Waals surface area contributed by atoms with Gasteiger partial charge in [0.25, 0.3) is 0 Å². The SMILES string of the molecule is Cc1ccc(OCC(O)COc2ccc(-c3cccc(CC(=O)O)c3)cc2)cc1. The topological polar surface area (TPSA) is 76.0 Å². The molecule has 0 bridgehead atoms. The lowest BCUT2D eigenvalue weighted by Gasteiger charge is -2.14. The Hall–Kier alpha value is -3.31. The van der Waals surface area contributed by atoms with Crippen LogP contribution in [0.3, 0.4) is 0 Å². The Morgan fingerprint density at radius 1 is 0.862 bits per heavy atom. The molecule has 0 spiro atoms. The Balaban J connectivity index is 1.51. The van der Waals surface area contributed by atoms with E-state index in [1.807, 2.05) is 73.7 Å². The van der Waals surface area contributed by atoms with Crippen LogP contribution in [0.4, 0.5) is 0 Å². The monoisotopic (exact) mass is 392 g/mol. The quantitative estimate of drug-likeness (QED) is 0.573. The number of rotatable bonds is 9. The number of carbonyl (C=O) groups is 1. The number of carboxylic acids is 1. The molecule has 0 aliphatic carbocycles. The van der Waals surface area contributed by atoms with E-state index in [4.69, 9.17) is 14.6 Å². The molecule has 3 aromatic rings. The Kier molecular flexibility index (Phi) is 6.87. The third-order valence-corrected chi connectivity index (χ3v) is 4.38. The highest BCUT2D eigenvalue weighted by Gasteiger charge is 2.08. The number of hydrogen-bond acceptors (Lipinski definition) is 4. The van der Waals surface area contributed by atoms with Crippen LogP contribution in [0.25, 0.3) is 11.1 Å². The maximum Gasteiger partial charge on any atom is 0.307 e. The van der Waals surface area contributed by atoms with Crippen molar-refractivity contribution in [2.75, 3.05) is 13.2 Å². The minimum atomic E-state index is -0.851. The first-order chi connectivity index (χ1) is 14.0. The molecule has 29 heavy (non-hydrogen) atoms. The molecule has 3 rings (SSSR count). The molecule has 0 saturated carbocycles. The van der Waals surface area contributed by atoms with Crippen LogP contribution in [0.5, 0.6) is 11.5 Å². The number of benzene rings is 3. The third kappa shape index (κ3) is 6.36. The van der Waals surface area contributed by atoms with Gasteiger partial charge in [-0.25, -0.2) is 0 Å². The molecule has 0 radical (unpaired) electrons. The summed E-state index contributed by atoms with van der Waals surface area (Å²) in [6.45, 7) is 2.28. The fourth-order valence-corrected chi connectivity index (χ4v) is 2.85. The molecule has 2 N–H and O–H groups in total. The molecule has 0 amide bonds. The van der Waals surface area contributed by atoms with Crippen molar-refractivity contribution in [1.29, 1.82) is 0 Å². The number of ether oxygens (including phenoxy) is 2. The molecule has 0 aliphatic rings. The van der Waals surface area contributed by atoms with Crippen molar-refractivity contribution in [2.24, 2.45) is 0 Å². The van der Waals surface area contributed by atoms with Crippen LogP contribution in [0.15, 0.2) is 72.8 Å². The van der Waals surface area contributed by atoms with Crippen molar-refractivity contribution >= 4 is 5.97 Å². The maximum atomic E-state index is 10.9. The van der Waals surface area contributed by atoms with Crippen molar-refractivity contribution in [2.45, 2.75) is 19.4 Å². The van der Waals surface area contributed by atoms with Gasteiger partial charge in [0.05, 0.1) is 6.42 Å². The molecule has 5 nitrogen and oxygen atoms in total. The standard InChI is InChI=1S/C24H24O5/c1-17-5-9-22(10-6-17)28-15-21(25)16-29-23-11-7-19(8-12-23)20-4-2-3-18(13-20)14-24(26)27/h2-13,21,25H,14-16H2,1H3,(H,26,27). The minimum absolute atomic E-state index is 0.00240. The van der Waals surface area contributed by atoms with Gasteiger partial charge in [-0.1, -0.05) is 54.1 Å². The first-order valence-corrected chi connectivity index (χ1v) is 9.41. The number of carboxylic acid groups (broad SMARTS) is 1. The lowest BCUT2D eigenvalue weighted by Crippen LogP contribution is -2.25. The summed E-state index contributed by atoms with van der Waals surface area (Å²) in [6.07, 6.45) is -0.749. The van der Waals surface area contributed by atoms with Crippen LogP contribution in [0.2, 0.25) is 0 Å². The lowest BCUT2D eigenvalue weighted by atomic mass is 10.0. The normalized spacial score (nSPS) is 11.7. The molecule has 5 heteroatoms. The highest BCUT2D eigenvalue weighted by Crippen LogP contribution is 2.23. The summed E-state index contributed by atoms with van der Waals surface area (Å²) in [5, 5.41) is 19.0. The summed E-state index contributed by atoms with van der Waals surface area (Å²) in [6, 6.07) is 22.6. The average molecular weight is 392 g/mol. The number of aliphatic hydroxyl groups excluding tert-OH is 1. The molecule has 150 valence electrons. The molecular formula is C24H24O5. The number of hydrogen-bond donors (Lipinski definition) is 2. The van der Waals surface area contributed by atoms with E-state index < -0.39 is 12.1 Å². The van der Waals surface area contributed by atoms with Crippen LogP contribution < -0.4 is 9.47 Å². The summed E-state index contributed by atoms with van der Waals surface area (Å²) in [5.74, 6) is 0.504. The molecule has 0 aromatic heterocycles. The van der Waals surface area contributed by atoms with Crippen LogP contribution in [0, 0.1) is 6.92 Å². The summed E-state index contributed by atoms with van der Waals surface area (Å²) < 4.78 is 11.2. The van der Waals surface area contributed by atoms with Gasteiger partial charge in [-0.05, 0) is 47.9 Å². The second-order valence-electron chi connectivity index (χ2n) is 6.88. The molecule has 1 unspecified atom stereocenters. The van der Waals surface area contributed by atoms with E-state index in [0.717, 1.165) is 22.3 Å². The highest BCUT2D eigenvalue weighted by atomic mass is 16.5. The van der Waals surface area contributed by atoms with E-state index in [-0.39, 0.29) is 19.6 Å². The van der Waals surface area contributed by atoms with Gasteiger partial charge in [0, 0.05) is 0 Å². The Morgan fingerprint density at radius 2 is 1.45 bits per heavy atom. The van der Waals surface area contributed by atoms with Crippen molar-refractivity contribution in [1.82, 2.24) is 0 Å². The molecule has 0 saturated heterocycles. The molecule has 0 fully saturated rings. The summed E-state index contributed by atoms with van der Waals surface area (Å²) in [4.78, 5) is 10.9. The highest BCUT2D eigenvalue weighted by molar-refractivity contribution is 5.72. The number of aliphatic hydroxyl groups is 1. The van der Waals surface area contributed by atoms with Gasteiger partial charge in [0.2, 0.25) is 0 Å². The lowest BCUT2D eigenvalue weighted by molar-refractivity contribution is -0.136. The van der Waals surface area contributed by atoms with Gasteiger partial charge in [-0.2, -0.15) is 0 Å². The van der Waals surface area contributed by atoms with Crippen molar-refractivity contribution in [3.63, 3.8) is 0 Å². The minimum Gasteiger partial charge on any atom is -0.491 e. The van der Waals surface area contributed by atoms with Gasteiger partial charge in [-0.15, -0.1) is 0 Å². The van der Waals surface area contributed by atoms with Crippen LogP contribution in [-0.2, 0) is 11.2 Å². The van der Waals surface area contributed by atoms with Gasteiger partial charge in [0.15, 0.2) is 0 Å². The number of aliphatic carboxylic acids is 1. The number of aryl methyl sites for hydroxylation is 1. The van der Waals surface area contributed by atoms with Crippen molar-refractivity contribution in [3.8, 4) is 22.6 Å². The first kappa shape index (κ1) is 20.4. The van der Waals surface area contributed by atoms with Crippen molar-refractivity contribution < 1.29 is 24.5 Å². The summed E-state index contributed by atoms with van der Waals surface area (Å²) >= 11 is 0. The zero-order chi connectivity index (χ0) is 20.6. The summed E-state index contributed by atoms with van der Waals surface area (Å²) in [5.41, 5.74) is 3.82. The molecule has 3 aromatic carbocycles. The second-order valence-corrected chi connectivity index (χ2v) is 6.88. The van der Waals surface area contributed by atoms with Gasteiger partial charge < -0.3 is 19.7 Å². The van der Waals surface area contributed by atoms with E-state index in [9.17, 15) is 9.90 Å². The fourth-order valence-electron chi connectivity index (χ4n) is 2.85. The predicted octanol–water partition coefficient (Wildman–Crippen LogP) is 4.11. The van der Waals surface area contributed by atoms with Gasteiger partial charge in [-0.3, -0.25) is 4.79 Å². The van der Waals surface area contributed by atoms with E-state index >= 15 is 0 Å². The van der Waals surface area contributed by atoms with E-state index in [0.29, 0.717) is 11.5 Å². The van der Waals surface area contributed by atoms with E-state index in [1.54, 1.807) is 6.07 Å². The third-order valence-electron chi connectivity index (χ3n) is 4.38.